The lowest BCUT2D eigenvalue weighted by Crippen LogP contribution is -2.16. The van der Waals surface area contributed by atoms with Gasteiger partial charge in [-0.05, 0) is 51.1 Å². The Balaban J connectivity index is 1.95. The van der Waals surface area contributed by atoms with E-state index in [1.165, 1.54) is 4.68 Å². The summed E-state index contributed by atoms with van der Waals surface area (Å²) >= 11 is 0. The van der Waals surface area contributed by atoms with E-state index in [0.29, 0.717) is 17.0 Å². The summed E-state index contributed by atoms with van der Waals surface area (Å²) in [7, 11) is 0. The third-order valence-electron chi connectivity index (χ3n) is 4.14. The molecule has 0 N–H and O–H groups in total. The molecule has 0 aliphatic rings. The molecule has 0 saturated heterocycles. The van der Waals surface area contributed by atoms with Crippen molar-refractivity contribution < 1.29 is 9.21 Å². The predicted octanol–water partition coefficient (Wildman–Crippen LogP) is 4.31. The van der Waals surface area contributed by atoms with Crippen LogP contribution in [0.4, 0.5) is 0 Å². The quantitative estimate of drug-likeness (QED) is 0.549. The van der Waals surface area contributed by atoms with Gasteiger partial charge in [0.05, 0.1) is 16.8 Å². The van der Waals surface area contributed by atoms with Crippen LogP contribution in [-0.4, -0.2) is 20.7 Å². The van der Waals surface area contributed by atoms with Crippen LogP contribution in [0.2, 0.25) is 0 Å². The number of fused-ring (bicyclic) bond motifs is 1. The van der Waals surface area contributed by atoms with Crippen molar-refractivity contribution in [2.75, 3.05) is 0 Å². The summed E-state index contributed by atoms with van der Waals surface area (Å²) in [6.07, 6.45) is 0. The Labute approximate surface area is 144 Å². The predicted molar refractivity (Wildman–Crippen MR) is 95.6 cm³/mol. The van der Waals surface area contributed by atoms with Crippen LogP contribution in [-0.2, 0) is 0 Å². The van der Waals surface area contributed by atoms with Crippen molar-refractivity contribution in [1.29, 1.82) is 0 Å². The highest BCUT2D eigenvalue weighted by molar-refractivity contribution is 6.08. The minimum atomic E-state index is -0.172. The third-order valence-corrected chi connectivity index (χ3v) is 4.14. The molecule has 3 heterocycles. The molecule has 0 radical (unpaired) electrons. The van der Waals surface area contributed by atoms with Crippen LogP contribution in [0.1, 0.15) is 27.5 Å². The second kappa shape index (κ2) is 5.70. The fourth-order valence-electron chi connectivity index (χ4n) is 3.00. The average molecular weight is 331 g/mol. The fraction of sp³-hybridized carbons (Fsp3) is 0.150. The van der Waals surface area contributed by atoms with E-state index < -0.39 is 0 Å². The van der Waals surface area contributed by atoms with Crippen LogP contribution < -0.4 is 0 Å². The standard InChI is InChI=1S/C20H17N3O2/c1-12-10-13(2)23(22-12)20(24)16-11-18(19-9-8-14(3)25-19)21-17-7-5-4-6-15(16)17/h4-11H,1-3H3. The minimum absolute atomic E-state index is 0.172. The molecule has 0 unspecified atom stereocenters. The summed E-state index contributed by atoms with van der Waals surface area (Å²) in [5.41, 5.74) is 3.56. The Hall–Kier alpha value is -3.21. The van der Waals surface area contributed by atoms with E-state index in [2.05, 4.69) is 10.1 Å². The highest BCUT2D eigenvalue weighted by Crippen LogP contribution is 2.27. The van der Waals surface area contributed by atoms with Crippen LogP contribution in [0.25, 0.3) is 22.4 Å². The first-order valence-corrected chi connectivity index (χ1v) is 8.07. The van der Waals surface area contributed by atoms with Crippen LogP contribution >= 0.6 is 0 Å². The summed E-state index contributed by atoms with van der Waals surface area (Å²) in [5, 5.41) is 5.12. The largest absolute Gasteiger partial charge is 0.460 e. The van der Waals surface area contributed by atoms with E-state index >= 15 is 0 Å². The first-order valence-electron chi connectivity index (χ1n) is 8.07. The van der Waals surface area contributed by atoms with Gasteiger partial charge in [-0.2, -0.15) is 5.10 Å². The van der Waals surface area contributed by atoms with E-state index in [4.69, 9.17) is 4.42 Å². The number of pyridine rings is 1. The summed E-state index contributed by atoms with van der Waals surface area (Å²) in [4.78, 5) is 17.8. The van der Waals surface area contributed by atoms with Crippen molar-refractivity contribution >= 4 is 16.8 Å². The van der Waals surface area contributed by atoms with Crippen molar-refractivity contribution in [2.45, 2.75) is 20.8 Å². The Kier molecular flexibility index (Phi) is 3.50. The van der Waals surface area contributed by atoms with Crippen LogP contribution in [0.5, 0.6) is 0 Å². The number of rotatable bonds is 2. The second-order valence-corrected chi connectivity index (χ2v) is 6.13. The Morgan fingerprint density at radius 2 is 1.84 bits per heavy atom. The molecule has 4 rings (SSSR count). The Morgan fingerprint density at radius 1 is 1.04 bits per heavy atom. The highest BCUT2D eigenvalue weighted by atomic mass is 16.3. The summed E-state index contributed by atoms with van der Waals surface area (Å²) in [5.74, 6) is 1.27. The number of carbonyl (C=O) groups is 1. The van der Waals surface area contributed by atoms with Gasteiger partial charge >= 0.3 is 0 Å². The van der Waals surface area contributed by atoms with E-state index in [-0.39, 0.29) is 5.91 Å². The molecule has 0 bridgehead atoms. The fourth-order valence-corrected chi connectivity index (χ4v) is 3.00. The average Bonchev–Trinajstić information content (AvgIpc) is 3.18. The lowest BCUT2D eigenvalue weighted by molar-refractivity contribution is 0.0944. The van der Waals surface area contributed by atoms with E-state index in [1.807, 2.05) is 63.2 Å². The molecule has 124 valence electrons. The molecule has 4 aromatic rings. The van der Waals surface area contributed by atoms with Crippen LogP contribution in [0.3, 0.4) is 0 Å². The van der Waals surface area contributed by atoms with Gasteiger partial charge in [-0.25, -0.2) is 9.67 Å². The number of benzene rings is 1. The molecule has 0 atom stereocenters. The van der Waals surface area contributed by atoms with Gasteiger partial charge in [0.25, 0.3) is 5.91 Å². The van der Waals surface area contributed by atoms with Gasteiger partial charge in [-0.3, -0.25) is 4.79 Å². The minimum Gasteiger partial charge on any atom is -0.460 e. The smallest absolute Gasteiger partial charge is 0.279 e. The van der Waals surface area contributed by atoms with Crippen molar-refractivity contribution in [3.8, 4) is 11.5 Å². The molecule has 25 heavy (non-hydrogen) atoms. The second-order valence-electron chi connectivity index (χ2n) is 6.13. The van der Waals surface area contributed by atoms with Gasteiger partial charge in [0.15, 0.2) is 5.76 Å². The van der Waals surface area contributed by atoms with Gasteiger partial charge in [0.1, 0.15) is 11.5 Å². The molecule has 0 saturated carbocycles. The van der Waals surface area contributed by atoms with E-state index in [1.54, 1.807) is 6.07 Å². The number of hydrogen-bond acceptors (Lipinski definition) is 4. The van der Waals surface area contributed by atoms with Crippen molar-refractivity contribution in [1.82, 2.24) is 14.8 Å². The number of aryl methyl sites for hydroxylation is 3. The first kappa shape index (κ1) is 15.3. The van der Waals surface area contributed by atoms with E-state index in [9.17, 15) is 4.79 Å². The number of nitrogens with zero attached hydrogens (tertiary/aromatic N) is 3. The summed E-state index contributed by atoms with van der Waals surface area (Å²) in [6, 6.07) is 15.0. The van der Waals surface area contributed by atoms with Gasteiger partial charge in [-0.15, -0.1) is 0 Å². The molecule has 5 nitrogen and oxygen atoms in total. The zero-order chi connectivity index (χ0) is 17.6. The summed E-state index contributed by atoms with van der Waals surface area (Å²) < 4.78 is 7.13. The summed E-state index contributed by atoms with van der Waals surface area (Å²) in [6.45, 7) is 5.63. The zero-order valence-corrected chi connectivity index (χ0v) is 14.3. The number of hydrogen-bond donors (Lipinski definition) is 0. The van der Waals surface area contributed by atoms with Gasteiger partial charge in [0.2, 0.25) is 0 Å². The monoisotopic (exact) mass is 331 g/mol. The van der Waals surface area contributed by atoms with Crippen molar-refractivity contribution in [2.24, 2.45) is 0 Å². The molecular formula is C20H17N3O2. The SMILES string of the molecule is Cc1cc(C)n(C(=O)c2cc(-c3ccc(C)o3)nc3ccccc23)n1. The lowest BCUT2D eigenvalue weighted by Gasteiger charge is -2.09. The molecule has 0 aliphatic carbocycles. The number of furan rings is 1. The van der Waals surface area contributed by atoms with Gasteiger partial charge < -0.3 is 4.42 Å². The molecule has 0 spiro atoms. The normalized spacial score (nSPS) is 11.2. The third kappa shape index (κ3) is 2.63. The maximum atomic E-state index is 13.1. The van der Waals surface area contributed by atoms with Crippen molar-refractivity contribution in [3.05, 3.63) is 71.2 Å². The maximum absolute atomic E-state index is 13.1. The van der Waals surface area contributed by atoms with Crippen LogP contribution in [0.15, 0.2) is 52.9 Å². The van der Waals surface area contributed by atoms with Crippen molar-refractivity contribution in [3.63, 3.8) is 0 Å². The number of aromatic nitrogens is 3. The number of carbonyl (C=O) groups excluding carboxylic acids is 1. The number of para-hydroxylation sites is 1. The van der Waals surface area contributed by atoms with Crippen LogP contribution in [0, 0.1) is 20.8 Å². The Morgan fingerprint density at radius 3 is 2.52 bits per heavy atom. The maximum Gasteiger partial charge on any atom is 0.279 e. The Bertz CT molecular complexity index is 1110. The van der Waals surface area contributed by atoms with Gasteiger partial charge in [-0.1, -0.05) is 18.2 Å². The molecule has 0 fully saturated rings. The molecular weight excluding hydrogens is 314 g/mol. The van der Waals surface area contributed by atoms with Gasteiger partial charge in [0, 0.05) is 11.1 Å². The highest BCUT2D eigenvalue weighted by Gasteiger charge is 2.18. The molecule has 0 amide bonds. The topological polar surface area (TPSA) is 60.9 Å². The van der Waals surface area contributed by atoms with E-state index in [0.717, 1.165) is 28.1 Å². The zero-order valence-electron chi connectivity index (χ0n) is 14.3. The molecule has 0 aliphatic heterocycles. The molecule has 5 heteroatoms. The molecule has 3 aromatic heterocycles. The first-order chi connectivity index (χ1) is 12.0. The molecule has 1 aromatic carbocycles. The lowest BCUT2D eigenvalue weighted by atomic mass is 10.1.